The number of aromatic nitrogens is 1. The third kappa shape index (κ3) is 7.87. The number of nitrogens with one attached hydrogen (secondary N) is 2. The molecule has 1 aromatic heterocycles. The van der Waals surface area contributed by atoms with Crippen molar-refractivity contribution < 1.29 is 14.3 Å². The van der Waals surface area contributed by atoms with Crippen LogP contribution in [0.15, 0.2) is 0 Å². The van der Waals surface area contributed by atoms with Crippen LogP contribution >= 0.6 is 0 Å². The molecule has 0 atom stereocenters. The van der Waals surface area contributed by atoms with E-state index < -0.39 is 0 Å². The normalized spacial score (nSPS) is 13.0. The number of unbranched alkanes of at least 4 members (excludes halogenated alkanes) is 3. The lowest BCUT2D eigenvalue weighted by Gasteiger charge is -2.11. The number of Topliss-reactive ketones (excluding diaryl/α,β-unsaturated/α-hetero) is 1. The van der Waals surface area contributed by atoms with Gasteiger partial charge in [0.05, 0.1) is 11.3 Å². The van der Waals surface area contributed by atoms with Gasteiger partial charge in [-0.25, -0.2) is 0 Å². The summed E-state index contributed by atoms with van der Waals surface area (Å²) in [5.41, 5.74) is 3.04. The van der Waals surface area contributed by atoms with Crippen LogP contribution in [0.1, 0.15) is 104 Å². The highest BCUT2D eigenvalue weighted by molar-refractivity contribution is 6.04. The summed E-state index contributed by atoms with van der Waals surface area (Å²) in [6.45, 7) is 10.8. The molecule has 0 saturated carbocycles. The molecule has 2 N–H and O–H groups in total. The van der Waals surface area contributed by atoms with Crippen LogP contribution in [0.5, 0.6) is 0 Å². The molecule has 5 nitrogen and oxygen atoms in total. The fraction of sp³-hybridized carbons (Fsp3) is 0.727. The van der Waals surface area contributed by atoms with Gasteiger partial charge >= 0.3 is 0 Å². The van der Waals surface area contributed by atoms with Gasteiger partial charge in [0, 0.05) is 31.9 Å². The van der Waals surface area contributed by atoms with Gasteiger partial charge in [-0.2, -0.15) is 0 Å². The molecule has 1 aliphatic carbocycles. The summed E-state index contributed by atoms with van der Waals surface area (Å²) < 4.78 is 5.33. The van der Waals surface area contributed by atoms with E-state index in [1.807, 2.05) is 13.8 Å². The molecule has 154 valence electrons. The Labute approximate surface area is 164 Å². The number of ketones is 1. The minimum Gasteiger partial charge on any atom is -0.381 e. The lowest BCUT2D eigenvalue weighted by molar-refractivity contribution is 0.0952. The van der Waals surface area contributed by atoms with E-state index in [0.29, 0.717) is 24.2 Å². The first-order valence-electron chi connectivity index (χ1n) is 10.7. The van der Waals surface area contributed by atoms with Crippen LogP contribution in [0.4, 0.5) is 0 Å². The van der Waals surface area contributed by atoms with Crippen LogP contribution in [0.25, 0.3) is 0 Å². The van der Waals surface area contributed by atoms with Crippen molar-refractivity contribution in [2.75, 3.05) is 19.8 Å². The molecule has 0 spiro atoms. The van der Waals surface area contributed by atoms with Crippen molar-refractivity contribution in [3.05, 3.63) is 22.5 Å². The zero-order valence-electron chi connectivity index (χ0n) is 17.7. The fourth-order valence-corrected chi connectivity index (χ4v) is 3.23. The minimum absolute atomic E-state index is 0.0587. The lowest BCUT2D eigenvalue weighted by Crippen LogP contribution is -2.26. The van der Waals surface area contributed by atoms with Gasteiger partial charge in [0.2, 0.25) is 0 Å². The van der Waals surface area contributed by atoms with Crippen molar-refractivity contribution in [1.82, 2.24) is 10.3 Å². The Kier molecular flexibility index (Phi) is 11.7. The molecule has 0 bridgehead atoms. The molecule has 0 aliphatic heterocycles. The van der Waals surface area contributed by atoms with Gasteiger partial charge in [-0.05, 0) is 44.6 Å². The molecular formula is C22H38N2O3. The summed E-state index contributed by atoms with van der Waals surface area (Å²) in [4.78, 5) is 26.8. The van der Waals surface area contributed by atoms with E-state index >= 15 is 0 Å². The van der Waals surface area contributed by atoms with Crippen molar-refractivity contribution in [2.24, 2.45) is 0 Å². The first-order valence-corrected chi connectivity index (χ1v) is 10.7. The highest BCUT2D eigenvalue weighted by atomic mass is 16.5. The van der Waals surface area contributed by atoms with Gasteiger partial charge in [0.15, 0.2) is 5.78 Å². The first kappa shape index (κ1) is 23.4. The summed E-state index contributed by atoms with van der Waals surface area (Å²) in [5.74, 6) is 0.0699. The highest BCUT2D eigenvalue weighted by Crippen LogP contribution is 2.26. The summed E-state index contributed by atoms with van der Waals surface area (Å²) in [7, 11) is 0. The second kappa shape index (κ2) is 13.5. The number of hydrogen-bond acceptors (Lipinski definition) is 3. The molecule has 0 radical (unpaired) electrons. The lowest BCUT2D eigenvalue weighted by atomic mass is 9.93. The molecule has 1 aromatic rings. The Bertz CT molecular complexity index is 570. The van der Waals surface area contributed by atoms with Crippen molar-refractivity contribution in [3.8, 4) is 0 Å². The third-order valence-corrected chi connectivity index (χ3v) is 4.65. The van der Waals surface area contributed by atoms with Gasteiger partial charge in [-0.1, -0.05) is 40.0 Å². The summed E-state index contributed by atoms with van der Waals surface area (Å²) in [6.07, 6.45) is 9.56. The molecule has 1 aliphatic rings. The molecule has 0 unspecified atom stereocenters. The molecule has 0 aromatic carbocycles. The molecular weight excluding hydrogens is 340 g/mol. The zero-order chi connectivity index (χ0) is 20.1. The van der Waals surface area contributed by atoms with E-state index in [1.165, 1.54) is 25.7 Å². The van der Waals surface area contributed by atoms with Crippen LogP contribution in [-0.2, 0) is 11.2 Å². The highest BCUT2D eigenvalue weighted by Gasteiger charge is 2.26. The molecule has 2 rings (SSSR count). The third-order valence-electron chi connectivity index (χ3n) is 4.65. The number of aryl methyl sites for hydroxylation is 1. The molecule has 1 amide bonds. The van der Waals surface area contributed by atoms with Gasteiger partial charge < -0.3 is 15.0 Å². The van der Waals surface area contributed by atoms with Gasteiger partial charge in [-0.3, -0.25) is 9.59 Å². The van der Waals surface area contributed by atoms with Crippen LogP contribution in [0, 0.1) is 6.92 Å². The standard InChI is InChI=1S/C13H18N2O2.C9H20O/c1-3-7-14-13(17)11-8(2)15-12-9(11)5-4-6-10(12)16;1-3-5-6-7-9-10-8-4-2/h15H,3-7H2,1-2H3,(H,14,17);3-9H2,1-2H3. The molecule has 0 fully saturated rings. The summed E-state index contributed by atoms with van der Waals surface area (Å²) in [6, 6.07) is 0. The van der Waals surface area contributed by atoms with E-state index in [2.05, 4.69) is 24.1 Å². The van der Waals surface area contributed by atoms with E-state index in [4.69, 9.17) is 4.74 Å². The van der Waals surface area contributed by atoms with E-state index in [-0.39, 0.29) is 11.7 Å². The number of amides is 1. The number of aromatic amines is 1. The van der Waals surface area contributed by atoms with E-state index in [0.717, 1.165) is 50.2 Å². The minimum atomic E-state index is -0.0587. The maximum absolute atomic E-state index is 12.0. The number of ether oxygens (including phenoxy) is 1. The van der Waals surface area contributed by atoms with E-state index in [9.17, 15) is 9.59 Å². The average molecular weight is 379 g/mol. The largest absolute Gasteiger partial charge is 0.381 e. The van der Waals surface area contributed by atoms with E-state index in [1.54, 1.807) is 0 Å². The number of carbonyl (C=O) groups excluding carboxylic acids is 2. The Hall–Kier alpha value is -1.62. The number of carbonyl (C=O) groups is 2. The molecule has 27 heavy (non-hydrogen) atoms. The van der Waals surface area contributed by atoms with Crippen LogP contribution in [0.3, 0.4) is 0 Å². The topological polar surface area (TPSA) is 71.2 Å². The fourth-order valence-electron chi connectivity index (χ4n) is 3.23. The van der Waals surface area contributed by atoms with Crippen LogP contribution < -0.4 is 5.32 Å². The average Bonchev–Trinajstić information content (AvgIpc) is 3.01. The smallest absolute Gasteiger partial charge is 0.253 e. The maximum atomic E-state index is 12.0. The quantitative estimate of drug-likeness (QED) is 0.564. The first-order chi connectivity index (χ1) is 13.1. The Morgan fingerprint density at radius 1 is 1.04 bits per heavy atom. The Morgan fingerprint density at radius 2 is 1.81 bits per heavy atom. The predicted molar refractivity (Wildman–Crippen MR) is 111 cm³/mol. The second-order valence-corrected chi connectivity index (χ2v) is 7.18. The molecule has 0 saturated heterocycles. The van der Waals surface area contributed by atoms with Gasteiger partial charge in [0.1, 0.15) is 0 Å². The van der Waals surface area contributed by atoms with Crippen molar-refractivity contribution >= 4 is 11.7 Å². The number of fused-ring (bicyclic) bond motifs is 1. The maximum Gasteiger partial charge on any atom is 0.253 e. The summed E-state index contributed by atoms with van der Waals surface area (Å²) in [5, 5.41) is 2.87. The van der Waals surface area contributed by atoms with Crippen LogP contribution in [0.2, 0.25) is 0 Å². The molecule has 1 heterocycles. The number of H-pyrrole nitrogens is 1. The number of rotatable bonds is 10. The summed E-state index contributed by atoms with van der Waals surface area (Å²) >= 11 is 0. The monoisotopic (exact) mass is 378 g/mol. The zero-order valence-corrected chi connectivity index (χ0v) is 17.7. The van der Waals surface area contributed by atoms with Crippen molar-refractivity contribution in [1.29, 1.82) is 0 Å². The van der Waals surface area contributed by atoms with Crippen molar-refractivity contribution in [3.63, 3.8) is 0 Å². The second-order valence-electron chi connectivity index (χ2n) is 7.18. The van der Waals surface area contributed by atoms with Gasteiger partial charge in [0.25, 0.3) is 5.91 Å². The SMILES string of the molecule is CCCCCCOCCC.CCCNC(=O)c1c(C)[nH]c2c1CCCC2=O. The van der Waals surface area contributed by atoms with Crippen LogP contribution in [-0.4, -0.2) is 36.4 Å². The predicted octanol–water partition coefficient (Wildman–Crippen LogP) is 4.98. The molecule has 5 heteroatoms. The Morgan fingerprint density at radius 3 is 2.48 bits per heavy atom. The Balaban J connectivity index is 0.000000314. The van der Waals surface area contributed by atoms with Crippen molar-refractivity contribution in [2.45, 2.75) is 85.5 Å². The van der Waals surface area contributed by atoms with Gasteiger partial charge in [-0.15, -0.1) is 0 Å². The number of hydrogen-bond donors (Lipinski definition) is 2.